The number of esters is 2. The molecule has 1 atom stereocenters. The number of carbonyl (C=O) groups is 2. The zero-order valence-electron chi connectivity index (χ0n) is 11.3. The van der Waals surface area contributed by atoms with E-state index in [4.69, 9.17) is 9.47 Å². The van der Waals surface area contributed by atoms with Crippen molar-refractivity contribution in [1.82, 2.24) is 0 Å². The lowest BCUT2D eigenvalue weighted by Gasteiger charge is -2.14. The summed E-state index contributed by atoms with van der Waals surface area (Å²) in [7, 11) is 3.81. The standard InChI is InChI=1S/C14H17NO4/c1-5-13(16)18-10(2)19-14(17)11-6-8-12(9-7-11)15(3)4/h5-10H,1H2,2-4H3. The van der Waals surface area contributed by atoms with Crippen LogP contribution in [0.1, 0.15) is 17.3 Å². The highest BCUT2D eigenvalue weighted by Gasteiger charge is 2.14. The van der Waals surface area contributed by atoms with Gasteiger partial charge in [0.1, 0.15) is 0 Å². The monoisotopic (exact) mass is 263 g/mol. The molecular formula is C14H17NO4. The minimum Gasteiger partial charge on any atom is -0.422 e. The zero-order valence-corrected chi connectivity index (χ0v) is 11.3. The van der Waals surface area contributed by atoms with Crippen molar-refractivity contribution in [3.8, 4) is 0 Å². The van der Waals surface area contributed by atoms with Gasteiger partial charge in [0.2, 0.25) is 6.29 Å². The first-order valence-electron chi connectivity index (χ1n) is 5.75. The number of benzene rings is 1. The van der Waals surface area contributed by atoms with E-state index in [-0.39, 0.29) is 0 Å². The fourth-order valence-electron chi connectivity index (χ4n) is 1.35. The number of hydrogen-bond donors (Lipinski definition) is 0. The van der Waals surface area contributed by atoms with Crippen molar-refractivity contribution in [2.75, 3.05) is 19.0 Å². The van der Waals surface area contributed by atoms with Crippen LogP contribution in [-0.4, -0.2) is 32.3 Å². The SMILES string of the molecule is C=CC(=O)OC(C)OC(=O)c1ccc(N(C)C)cc1. The molecule has 102 valence electrons. The number of hydrogen-bond acceptors (Lipinski definition) is 5. The molecule has 0 spiro atoms. The lowest BCUT2D eigenvalue weighted by Crippen LogP contribution is -2.20. The minimum absolute atomic E-state index is 0.395. The van der Waals surface area contributed by atoms with Gasteiger partial charge in [0.15, 0.2) is 0 Å². The Kier molecular flexibility index (Phi) is 5.11. The van der Waals surface area contributed by atoms with Gasteiger partial charge in [-0.1, -0.05) is 6.58 Å². The van der Waals surface area contributed by atoms with Crippen molar-refractivity contribution in [3.63, 3.8) is 0 Å². The van der Waals surface area contributed by atoms with Gasteiger partial charge in [-0.05, 0) is 24.3 Å². The molecule has 0 aromatic heterocycles. The average Bonchev–Trinajstić information content (AvgIpc) is 2.38. The second kappa shape index (κ2) is 6.58. The van der Waals surface area contributed by atoms with Gasteiger partial charge in [0.25, 0.3) is 0 Å². The van der Waals surface area contributed by atoms with Crippen molar-refractivity contribution in [2.24, 2.45) is 0 Å². The molecule has 19 heavy (non-hydrogen) atoms. The maximum Gasteiger partial charge on any atom is 0.341 e. The molecule has 0 aliphatic rings. The molecule has 0 N–H and O–H groups in total. The lowest BCUT2D eigenvalue weighted by molar-refractivity contribution is -0.159. The third kappa shape index (κ3) is 4.46. The van der Waals surface area contributed by atoms with E-state index < -0.39 is 18.2 Å². The Bertz CT molecular complexity index is 465. The first kappa shape index (κ1) is 14.8. The smallest absolute Gasteiger partial charge is 0.341 e. The zero-order chi connectivity index (χ0) is 14.4. The van der Waals surface area contributed by atoms with Crippen LogP contribution in [0.25, 0.3) is 0 Å². The van der Waals surface area contributed by atoms with Gasteiger partial charge >= 0.3 is 11.9 Å². The summed E-state index contributed by atoms with van der Waals surface area (Å²) in [6.07, 6.45) is 0.0578. The molecule has 0 aliphatic carbocycles. The molecule has 0 fully saturated rings. The van der Waals surface area contributed by atoms with Gasteiger partial charge in [0, 0.05) is 32.8 Å². The van der Waals surface area contributed by atoms with E-state index in [0.717, 1.165) is 11.8 Å². The fourth-order valence-corrected chi connectivity index (χ4v) is 1.35. The summed E-state index contributed by atoms with van der Waals surface area (Å²) in [5, 5.41) is 0. The predicted molar refractivity (Wildman–Crippen MR) is 71.9 cm³/mol. The molecule has 5 heteroatoms. The topological polar surface area (TPSA) is 55.8 Å². The van der Waals surface area contributed by atoms with Crippen LogP contribution < -0.4 is 4.90 Å². The molecule has 0 radical (unpaired) electrons. The first-order valence-corrected chi connectivity index (χ1v) is 5.75. The number of ether oxygens (including phenoxy) is 2. The highest BCUT2D eigenvalue weighted by molar-refractivity contribution is 5.90. The number of anilines is 1. The molecule has 0 aliphatic heterocycles. The van der Waals surface area contributed by atoms with E-state index in [0.29, 0.717) is 5.56 Å². The van der Waals surface area contributed by atoms with E-state index in [2.05, 4.69) is 6.58 Å². The maximum atomic E-state index is 11.8. The Morgan fingerprint density at radius 2 is 1.79 bits per heavy atom. The van der Waals surface area contributed by atoms with Crippen LogP contribution in [0.4, 0.5) is 5.69 Å². The number of rotatable bonds is 5. The Morgan fingerprint density at radius 3 is 2.26 bits per heavy atom. The maximum absolute atomic E-state index is 11.8. The third-order valence-corrected chi connectivity index (χ3v) is 2.34. The highest BCUT2D eigenvalue weighted by Crippen LogP contribution is 2.13. The van der Waals surface area contributed by atoms with Crippen molar-refractivity contribution >= 4 is 17.6 Å². The van der Waals surface area contributed by atoms with Crippen LogP contribution in [0.5, 0.6) is 0 Å². The molecule has 0 saturated carbocycles. The van der Waals surface area contributed by atoms with Crippen LogP contribution >= 0.6 is 0 Å². The fraction of sp³-hybridized carbons (Fsp3) is 0.286. The molecule has 0 saturated heterocycles. The minimum atomic E-state index is -0.952. The third-order valence-electron chi connectivity index (χ3n) is 2.34. The number of nitrogens with zero attached hydrogens (tertiary/aromatic N) is 1. The summed E-state index contributed by atoms with van der Waals surface area (Å²) in [6, 6.07) is 6.91. The summed E-state index contributed by atoms with van der Waals surface area (Å²) >= 11 is 0. The van der Waals surface area contributed by atoms with Crippen molar-refractivity contribution in [2.45, 2.75) is 13.2 Å². The predicted octanol–water partition coefficient (Wildman–Crippen LogP) is 1.98. The van der Waals surface area contributed by atoms with Gasteiger partial charge < -0.3 is 14.4 Å². The first-order chi connectivity index (χ1) is 8.93. The molecule has 0 heterocycles. The van der Waals surface area contributed by atoms with Gasteiger partial charge in [-0.25, -0.2) is 9.59 Å². The molecule has 1 aromatic rings. The van der Waals surface area contributed by atoms with Crippen molar-refractivity contribution < 1.29 is 19.1 Å². The van der Waals surface area contributed by atoms with E-state index in [9.17, 15) is 9.59 Å². The summed E-state index contributed by atoms with van der Waals surface area (Å²) in [5.74, 6) is -1.18. The summed E-state index contributed by atoms with van der Waals surface area (Å²) in [5.41, 5.74) is 1.37. The van der Waals surface area contributed by atoms with E-state index >= 15 is 0 Å². The van der Waals surface area contributed by atoms with Gasteiger partial charge in [-0.3, -0.25) is 0 Å². The van der Waals surface area contributed by atoms with Crippen LogP contribution in [0.3, 0.4) is 0 Å². The molecular weight excluding hydrogens is 246 g/mol. The molecule has 1 aromatic carbocycles. The van der Waals surface area contributed by atoms with Crippen LogP contribution in [0.2, 0.25) is 0 Å². The van der Waals surface area contributed by atoms with Crippen LogP contribution in [0.15, 0.2) is 36.9 Å². The molecule has 0 amide bonds. The normalized spacial score (nSPS) is 11.3. The van der Waals surface area contributed by atoms with E-state index in [1.54, 1.807) is 24.3 Å². The molecule has 1 unspecified atom stereocenters. The van der Waals surface area contributed by atoms with Crippen LogP contribution in [-0.2, 0) is 14.3 Å². The molecule has 0 bridgehead atoms. The number of carbonyl (C=O) groups excluding carboxylic acids is 2. The van der Waals surface area contributed by atoms with Gasteiger partial charge in [-0.2, -0.15) is 0 Å². The summed E-state index contributed by atoms with van der Waals surface area (Å²) in [4.78, 5) is 24.6. The van der Waals surface area contributed by atoms with Crippen molar-refractivity contribution in [1.29, 1.82) is 0 Å². The quantitative estimate of drug-likeness (QED) is 0.462. The second-order valence-electron chi connectivity index (χ2n) is 4.06. The largest absolute Gasteiger partial charge is 0.422 e. The average molecular weight is 263 g/mol. The van der Waals surface area contributed by atoms with E-state index in [1.807, 2.05) is 19.0 Å². The van der Waals surface area contributed by atoms with E-state index in [1.165, 1.54) is 6.92 Å². The Labute approximate surface area is 112 Å². The van der Waals surface area contributed by atoms with Crippen molar-refractivity contribution in [3.05, 3.63) is 42.5 Å². The Balaban J connectivity index is 2.62. The molecule has 1 rings (SSSR count). The Morgan fingerprint density at radius 1 is 1.21 bits per heavy atom. The van der Waals surface area contributed by atoms with Gasteiger partial charge in [-0.15, -0.1) is 0 Å². The molecule has 5 nitrogen and oxygen atoms in total. The Hall–Kier alpha value is -2.30. The second-order valence-corrected chi connectivity index (χ2v) is 4.06. The van der Waals surface area contributed by atoms with Crippen LogP contribution in [0, 0.1) is 0 Å². The lowest BCUT2D eigenvalue weighted by atomic mass is 10.2. The highest BCUT2D eigenvalue weighted by atomic mass is 16.7. The summed E-state index contributed by atoms with van der Waals surface area (Å²) < 4.78 is 9.71. The summed E-state index contributed by atoms with van der Waals surface area (Å²) in [6.45, 7) is 4.72. The van der Waals surface area contributed by atoms with Gasteiger partial charge in [0.05, 0.1) is 5.56 Å².